The van der Waals surface area contributed by atoms with Gasteiger partial charge in [0.25, 0.3) is 0 Å². The van der Waals surface area contributed by atoms with E-state index in [1.165, 1.54) is 0 Å². The molecule has 134 valence electrons. The van der Waals surface area contributed by atoms with Gasteiger partial charge in [-0.1, -0.05) is 18.2 Å². The molecule has 0 amide bonds. The third-order valence-electron chi connectivity index (χ3n) is 5.23. The number of aromatic hydroxyl groups is 1. The van der Waals surface area contributed by atoms with Crippen LogP contribution in [0.1, 0.15) is 12.0 Å². The first-order valence-electron chi connectivity index (χ1n) is 9.01. The molecule has 1 aromatic heterocycles. The second kappa shape index (κ2) is 6.57. The number of fused-ring (bicyclic) bond motifs is 1. The van der Waals surface area contributed by atoms with Crippen LogP contribution in [0.15, 0.2) is 42.5 Å². The molecule has 1 saturated heterocycles. The highest BCUT2D eigenvalue weighted by Crippen LogP contribution is 2.32. The number of aryl methyl sites for hydroxylation is 1. The van der Waals surface area contributed by atoms with Gasteiger partial charge in [0.2, 0.25) is 0 Å². The van der Waals surface area contributed by atoms with Crippen LogP contribution in [0.5, 0.6) is 5.75 Å². The van der Waals surface area contributed by atoms with Crippen LogP contribution in [0.3, 0.4) is 0 Å². The monoisotopic (exact) mass is 348 g/mol. The van der Waals surface area contributed by atoms with Gasteiger partial charge in [0.1, 0.15) is 11.6 Å². The molecule has 5 nitrogen and oxygen atoms in total. The first-order chi connectivity index (χ1) is 12.5. The van der Waals surface area contributed by atoms with E-state index in [1.54, 1.807) is 6.07 Å². The molecule has 2 heterocycles. The summed E-state index contributed by atoms with van der Waals surface area (Å²) >= 11 is 0. The SMILES string of the molecule is Cc1ccc2c(N(C)C3CCN(C)C3)nc(-c3ccccc3O)nc2c1. The van der Waals surface area contributed by atoms with Crippen LogP contribution in [-0.4, -0.2) is 53.2 Å². The zero-order chi connectivity index (χ0) is 18.3. The summed E-state index contributed by atoms with van der Waals surface area (Å²) in [5, 5.41) is 11.3. The van der Waals surface area contributed by atoms with Crippen molar-refractivity contribution in [2.45, 2.75) is 19.4 Å². The number of likely N-dealkylation sites (N-methyl/N-ethyl adjacent to an activating group) is 2. The lowest BCUT2D eigenvalue weighted by molar-refractivity contribution is 0.409. The van der Waals surface area contributed by atoms with Gasteiger partial charge in [0.05, 0.1) is 11.1 Å². The van der Waals surface area contributed by atoms with Crippen LogP contribution < -0.4 is 4.90 Å². The number of nitrogens with zero attached hydrogens (tertiary/aromatic N) is 4. The molecule has 1 aliphatic rings. The summed E-state index contributed by atoms with van der Waals surface area (Å²) in [4.78, 5) is 14.2. The Balaban J connectivity index is 1.89. The van der Waals surface area contributed by atoms with Crippen molar-refractivity contribution in [2.75, 3.05) is 32.1 Å². The van der Waals surface area contributed by atoms with Crippen LogP contribution >= 0.6 is 0 Å². The summed E-state index contributed by atoms with van der Waals surface area (Å²) in [5.74, 6) is 1.69. The van der Waals surface area contributed by atoms with Crippen molar-refractivity contribution in [3.05, 3.63) is 48.0 Å². The molecular formula is C21H24N4O. The van der Waals surface area contributed by atoms with Gasteiger partial charge in [-0.15, -0.1) is 0 Å². The van der Waals surface area contributed by atoms with Gasteiger partial charge in [-0.25, -0.2) is 9.97 Å². The van der Waals surface area contributed by atoms with E-state index in [2.05, 4.69) is 49.0 Å². The lowest BCUT2D eigenvalue weighted by atomic mass is 10.1. The number of benzene rings is 2. The standard InChI is InChI=1S/C21H24N4O/c1-14-8-9-16-18(12-14)22-20(17-6-4-5-7-19(17)26)23-21(16)25(3)15-10-11-24(2)13-15/h4-9,12,15,26H,10-11,13H2,1-3H3. The predicted octanol–water partition coefficient (Wildman–Crippen LogP) is 3.45. The lowest BCUT2D eigenvalue weighted by Gasteiger charge is -2.27. The molecule has 2 aromatic carbocycles. The van der Waals surface area contributed by atoms with E-state index in [0.717, 1.165) is 41.8 Å². The van der Waals surface area contributed by atoms with E-state index in [9.17, 15) is 5.11 Å². The topological polar surface area (TPSA) is 52.5 Å². The molecule has 1 unspecified atom stereocenters. The maximum atomic E-state index is 10.3. The Morgan fingerprint density at radius 2 is 1.96 bits per heavy atom. The van der Waals surface area contributed by atoms with Crippen LogP contribution in [0, 0.1) is 6.92 Å². The molecule has 0 spiro atoms. The largest absolute Gasteiger partial charge is 0.507 e. The van der Waals surface area contributed by atoms with Gasteiger partial charge in [-0.05, 0) is 56.8 Å². The molecule has 1 fully saturated rings. The number of phenols is 1. The van der Waals surface area contributed by atoms with Crippen molar-refractivity contribution in [1.82, 2.24) is 14.9 Å². The number of hydrogen-bond acceptors (Lipinski definition) is 5. The van der Waals surface area contributed by atoms with Crippen molar-refractivity contribution in [3.63, 3.8) is 0 Å². The molecule has 0 bridgehead atoms. The molecule has 0 aliphatic carbocycles. The Labute approximate surface area is 153 Å². The maximum absolute atomic E-state index is 10.3. The highest BCUT2D eigenvalue weighted by molar-refractivity contribution is 5.92. The fourth-order valence-corrected chi connectivity index (χ4v) is 3.68. The summed E-state index contributed by atoms with van der Waals surface area (Å²) in [7, 11) is 4.27. The second-order valence-corrected chi connectivity index (χ2v) is 7.22. The normalized spacial score (nSPS) is 17.7. The fourth-order valence-electron chi connectivity index (χ4n) is 3.68. The molecular weight excluding hydrogens is 324 g/mol. The van der Waals surface area contributed by atoms with E-state index in [1.807, 2.05) is 18.2 Å². The average Bonchev–Trinajstić information content (AvgIpc) is 3.06. The van der Waals surface area contributed by atoms with Gasteiger partial charge >= 0.3 is 0 Å². The van der Waals surface area contributed by atoms with Crippen LogP contribution in [-0.2, 0) is 0 Å². The molecule has 1 atom stereocenters. The molecule has 26 heavy (non-hydrogen) atoms. The summed E-state index contributed by atoms with van der Waals surface area (Å²) in [6, 6.07) is 14.0. The summed E-state index contributed by atoms with van der Waals surface area (Å²) in [6.07, 6.45) is 1.12. The number of hydrogen-bond donors (Lipinski definition) is 1. The Morgan fingerprint density at radius 1 is 1.15 bits per heavy atom. The molecule has 1 N–H and O–H groups in total. The molecule has 4 rings (SSSR count). The summed E-state index contributed by atoms with van der Waals surface area (Å²) in [5.41, 5.74) is 2.73. The van der Waals surface area contributed by atoms with Gasteiger partial charge in [0, 0.05) is 25.0 Å². The first kappa shape index (κ1) is 16.8. The van der Waals surface area contributed by atoms with Crippen molar-refractivity contribution >= 4 is 16.7 Å². The Hall–Kier alpha value is -2.66. The lowest BCUT2D eigenvalue weighted by Crippen LogP contribution is -2.34. The fraction of sp³-hybridized carbons (Fsp3) is 0.333. The highest BCUT2D eigenvalue weighted by Gasteiger charge is 2.26. The Bertz CT molecular complexity index is 956. The maximum Gasteiger partial charge on any atom is 0.165 e. The minimum atomic E-state index is 0.203. The number of likely N-dealkylation sites (tertiary alicyclic amines) is 1. The number of anilines is 1. The van der Waals surface area contributed by atoms with Crippen LogP contribution in [0.25, 0.3) is 22.3 Å². The zero-order valence-corrected chi connectivity index (χ0v) is 15.5. The average molecular weight is 348 g/mol. The Kier molecular flexibility index (Phi) is 4.24. The zero-order valence-electron chi connectivity index (χ0n) is 15.5. The minimum absolute atomic E-state index is 0.203. The second-order valence-electron chi connectivity index (χ2n) is 7.22. The third-order valence-corrected chi connectivity index (χ3v) is 5.23. The minimum Gasteiger partial charge on any atom is -0.507 e. The van der Waals surface area contributed by atoms with Crippen molar-refractivity contribution in [2.24, 2.45) is 0 Å². The van der Waals surface area contributed by atoms with Crippen LogP contribution in [0.2, 0.25) is 0 Å². The summed E-state index contributed by atoms with van der Waals surface area (Å²) < 4.78 is 0. The number of para-hydroxylation sites is 1. The predicted molar refractivity (Wildman–Crippen MR) is 106 cm³/mol. The van der Waals surface area contributed by atoms with Crippen molar-refractivity contribution in [3.8, 4) is 17.1 Å². The number of aromatic nitrogens is 2. The third kappa shape index (κ3) is 2.99. The molecule has 0 saturated carbocycles. The van der Waals surface area contributed by atoms with E-state index >= 15 is 0 Å². The quantitative estimate of drug-likeness (QED) is 0.786. The van der Waals surface area contributed by atoms with Crippen molar-refractivity contribution in [1.29, 1.82) is 0 Å². The smallest absolute Gasteiger partial charge is 0.165 e. The van der Waals surface area contributed by atoms with Gasteiger partial charge in [0.15, 0.2) is 5.82 Å². The first-order valence-corrected chi connectivity index (χ1v) is 9.01. The Morgan fingerprint density at radius 3 is 2.69 bits per heavy atom. The van der Waals surface area contributed by atoms with E-state index in [-0.39, 0.29) is 5.75 Å². The number of rotatable bonds is 3. The molecule has 3 aromatic rings. The van der Waals surface area contributed by atoms with Gasteiger partial charge in [-0.3, -0.25) is 0 Å². The van der Waals surface area contributed by atoms with E-state index < -0.39 is 0 Å². The van der Waals surface area contributed by atoms with Gasteiger partial charge in [-0.2, -0.15) is 0 Å². The molecule has 1 aliphatic heterocycles. The van der Waals surface area contributed by atoms with Crippen LogP contribution in [0.4, 0.5) is 5.82 Å². The van der Waals surface area contributed by atoms with Gasteiger partial charge < -0.3 is 14.9 Å². The van der Waals surface area contributed by atoms with Crippen molar-refractivity contribution < 1.29 is 5.11 Å². The van der Waals surface area contributed by atoms with E-state index in [0.29, 0.717) is 17.4 Å². The number of phenolic OH excluding ortho intramolecular Hbond substituents is 1. The molecule has 0 radical (unpaired) electrons. The summed E-state index contributed by atoms with van der Waals surface area (Å²) in [6.45, 7) is 4.19. The highest BCUT2D eigenvalue weighted by atomic mass is 16.3. The molecule has 5 heteroatoms. The van der Waals surface area contributed by atoms with E-state index in [4.69, 9.17) is 9.97 Å².